The van der Waals surface area contributed by atoms with E-state index in [1.54, 1.807) is 12.1 Å². The van der Waals surface area contributed by atoms with Gasteiger partial charge in [-0.1, -0.05) is 43.5 Å². The molecule has 0 unspecified atom stereocenters. The first-order valence-corrected chi connectivity index (χ1v) is 9.42. The van der Waals surface area contributed by atoms with Crippen LogP contribution in [-0.4, -0.2) is 27.0 Å². The van der Waals surface area contributed by atoms with Crippen molar-refractivity contribution in [3.05, 3.63) is 51.5 Å². The highest BCUT2D eigenvalue weighted by molar-refractivity contribution is 6.30. The highest BCUT2D eigenvalue weighted by atomic mass is 35.5. The van der Waals surface area contributed by atoms with Gasteiger partial charge in [-0.15, -0.1) is 0 Å². The van der Waals surface area contributed by atoms with Gasteiger partial charge in [-0.2, -0.15) is 0 Å². The minimum Gasteiger partial charge on any atom is -0.396 e. The Morgan fingerprint density at radius 1 is 1.19 bits per heavy atom. The number of hydrogen-bond donors (Lipinski definition) is 1. The fourth-order valence-electron chi connectivity index (χ4n) is 2.75. The van der Waals surface area contributed by atoms with E-state index in [0.717, 1.165) is 24.8 Å². The average molecular weight is 377 g/mol. The zero-order valence-corrected chi connectivity index (χ0v) is 15.8. The molecule has 1 aromatic heterocycles. The molecule has 0 aliphatic carbocycles. The Morgan fingerprint density at radius 2 is 1.92 bits per heavy atom. The van der Waals surface area contributed by atoms with Crippen molar-refractivity contribution in [2.75, 3.05) is 6.61 Å². The molecule has 5 nitrogen and oxygen atoms in total. The summed E-state index contributed by atoms with van der Waals surface area (Å²) in [6.45, 7) is 2.09. The molecule has 2 rings (SSSR count). The predicted octanol–water partition coefficient (Wildman–Crippen LogP) is 3.64. The van der Waals surface area contributed by atoms with Gasteiger partial charge in [-0.3, -0.25) is 14.2 Å². The number of ketones is 1. The average Bonchev–Trinajstić information content (AvgIpc) is 2.63. The second kappa shape index (κ2) is 10.2. The van der Waals surface area contributed by atoms with E-state index in [-0.39, 0.29) is 30.9 Å². The second-order valence-electron chi connectivity index (χ2n) is 6.31. The van der Waals surface area contributed by atoms with Crippen molar-refractivity contribution in [2.24, 2.45) is 0 Å². The van der Waals surface area contributed by atoms with E-state index in [2.05, 4.69) is 11.9 Å². The largest absolute Gasteiger partial charge is 0.396 e. The Balaban J connectivity index is 2.34. The normalized spacial score (nSPS) is 10.9. The third-order valence-corrected chi connectivity index (χ3v) is 4.43. The molecule has 0 saturated carbocycles. The Hall–Kier alpha value is -1.98. The number of benzene rings is 1. The fourth-order valence-corrected chi connectivity index (χ4v) is 2.87. The van der Waals surface area contributed by atoms with E-state index in [0.29, 0.717) is 29.4 Å². The number of carbonyl (C=O) groups is 1. The molecule has 0 fully saturated rings. The lowest BCUT2D eigenvalue weighted by Crippen LogP contribution is -2.28. The summed E-state index contributed by atoms with van der Waals surface area (Å²) in [5.74, 6) is 0.562. The van der Waals surface area contributed by atoms with Crippen molar-refractivity contribution < 1.29 is 9.90 Å². The van der Waals surface area contributed by atoms with Crippen LogP contribution in [0.4, 0.5) is 0 Å². The molecule has 6 heteroatoms. The Labute approximate surface area is 158 Å². The summed E-state index contributed by atoms with van der Waals surface area (Å²) in [5, 5.41) is 9.50. The molecule has 0 radical (unpaired) electrons. The third-order valence-electron chi connectivity index (χ3n) is 4.18. The number of nitrogens with zero attached hydrogens (tertiary/aromatic N) is 2. The predicted molar refractivity (Wildman–Crippen MR) is 103 cm³/mol. The zero-order chi connectivity index (χ0) is 18.9. The van der Waals surface area contributed by atoms with Crippen LogP contribution >= 0.6 is 11.6 Å². The SMILES string of the molecule is CCCCCc1nc(-c2ccc(Cl)cc2)cc(=O)n1CC(=O)CCCO. The molecular weight excluding hydrogens is 352 g/mol. The number of unbranched alkanes of at least 4 members (excludes halogenated alkanes) is 2. The van der Waals surface area contributed by atoms with Crippen LogP contribution in [0.3, 0.4) is 0 Å². The number of rotatable bonds is 10. The Kier molecular flexibility index (Phi) is 8.01. The van der Waals surface area contributed by atoms with E-state index >= 15 is 0 Å². The summed E-state index contributed by atoms with van der Waals surface area (Å²) in [4.78, 5) is 29.4. The van der Waals surface area contributed by atoms with E-state index in [1.165, 1.54) is 10.6 Å². The van der Waals surface area contributed by atoms with Gasteiger partial charge in [0, 0.05) is 36.1 Å². The molecule has 1 aromatic carbocycles. The van der Waals surface area contributed by atoms with Gasteiger partial charge in [-0.05, 0) is 25.0 Å². The highest BCUT2D eigenvalue weighted by Gasteiger charge is 2.13. The number of aliphatic hydroxyl groups is 1. The maximum atomic E-state index is 12.6. The van der Waals surface area contributed by atoms with E-state index < -0.39 is 0 Å². The molecule has 0 aliphatic heterocycles. The number of aryl methyl sites for hydroxylation is 1. The molecule has 26 heavy (non-hydrogen) atoms. The zero-order valence-electron chi connectivity index (χ0n) is 15.1. The second-order valence-corrected chi connectivity index (χ2v) is 6.75. The maximum Gasteiger partial charge on any atom is 0.254 e. The minimum absolute atomic E-state index is 0.00812. The van der Waals surface area contributed by atoms with Crippen LogP contribution in [-0.2, 0) is 17.8 Å². The first-order valence-electron chi connectivity index (χ1n) is 9.04. The van der Waals surface area contributed by atoms with Crippen LogP contribution in [0.25, 0.3) is 11.3 Å². The number of aromatic nitrogens is 2. The molecule has 0 amide bonds. The maximum absolute atomic E-state index is 12.6. The summed E-state index contributed by atoms with van der Waals surface area (Å²) < 4.78 is 1.47. The molecule has 0 atom stereocenters. The number of halogens is 1. The quantitative estimate of drug-likeness (QED) is 0.642. The summed E-state index contributed by atoms with van der Waals surface area (Å²) in [7, 11) is 0. The van der Waals surface area contributed by atoms with Gasteiger partial charge in [-0.25, -0.2) is 4.98 Å². The Bertz CT molecular complexity index is 785. The van der Waals surface area contributed by atoms with E-state index in [1.807, 2.05) is 12.1 Å². The van der Waals surface area contributed by atoms with E-state index in [9.17, 15) is 9.59 Å². The molecule has 0 bridgehead atoms. The van der Waals surface area contributed by atoms with Gasteiger partial charge in [0.15, 0.2) is 5.78 Å². The summed E-state index contributed by atoms with van der Waals surface area (Å²) in [5.41, 5.74) is 1.19. The van der Waals surface area contributed by atoms with Gasteiger partial charge in [0.2, 0.25) is 0 Å². The molecule has 2 aromatic rings. The number of Topliss-reactive ketones (excluding diaryl/α,β-unsaturated/α-hetero) is 1. The number of carbonyl (C=O) groups excluding carboxylic acids is 1. The van der Waals surface area contributed by atoms with Crippen molar-refractivity contribution in [1.29, 1.82) is 0 Å². The third kappa shape index (κ3) is 5.78. The highest BCUT2D eigenvalue weighted by Crippen LogP contribution is 2.19. The summed E-state index contributed by atoms with van der Waals surface area (Å²) in [6.07, 6.45) is 4.34. The molecule has 1 N–H and O–H groups in total. The van der Waals surface area contributed by atoms with Gasteiger partial charge < -0.3 is 5.11 Å². The van der Waals surface area contributed by atoms with Crippen LogP contribution in [0.15, 0.2) is 35.1 Å². The topological polar surface area (TPSA) is 72.2 Å². The van der Waals surface area contributed by atoms with Gasteiger partial charge in [0.05, 0.1) is 12.2 Å². The summed E-state index contributed by atoms with van der Waals surface area (Å²) >= 11 is 5.93. The van der Waals surface area contributed by atoms with Gasteiger partial charge in [0.1, 0.15) is 5.82 Å². The first kappa shape index (κ1) is 20.3. The molecular formula is C20H25ClN2O3. The lowest BCUT2D eigenvalue weighted by molar-refractivity contribution is -0.120. The van der Waals surface area contributed by atoms with Crippen molar-refractivity contribution in [2.45, 2.75) is 52.0 Å². The van der Waals surface area contributed by atoms with Crippen molar-refractivity contribution in [1.82, 2.24) is 9.55 Å². The van der Waals surface area contributed by atoms with Crippen LogP contribution in [0.2, 0.25) is 5.02 Å². The lowest BCUT2D eigenvalue weighted by Gasteiger charge is -2.13. The van der Waals surface area contributed by atoms with Crippen molar-refractivity contribution >= 4 is 17.4 Å². The van der Waals surface area contributed by atoms with Crippen LogP contribution in [0.5, 0.6) is 0 Å². The molecule has 140 valence electrons. The van der Waals surface area contributed by atoms with Crippen molar-refractivity contribution in [3.63, 3.8) is 0 Å². The van der Waals surface area contributed by atoms with Gasteiger partial charge >= 0.3 is 0 Å². The van der Waals surface area contributed by atoms with Crippen LogP contribution in [0.1, 0.15) is 44.9 Å². The number of hydrogen-bond acceptors (Lipinski definition) is 4. The number of aliphatic hydroxyl groups excluding tert-OH is 1. The monoisotopic (exact) mass is 376 g/mol. The molecule has 1 heterocycles. The smallest absolute Gasteiger partial charge is 0.254 e. The van der Waals surface area contributed by atoms with Crippen LogP contribution in [0, 0.1) is 0 Å². The first-order chi connectivity index (χ1) is 12.5. The Morgan fingerprint density at radius 3 is 2.58 bits per heavy atom. The van der Waals surface area contributed by atoms with Crippen LogP contribution < -0.4 is 5.56 Å². The summed E-state index contributed by atoms with van der Waals surface area (Å²) in [6, 6.07) is 8.65. The molecule has 0 aliphatic rings. The van der Waals surface area contributed by atoms with Crippen molar-refractivity contribution in [3.8, 4) is 11.3 Å². The standard InChI is InChI=1S/C20H25ClN2O3/c1-2-3-4-7-19-22-18(15-8-10-16(21)11-9-15)13-20(26)23(19)14-17(25)6-5-12-24/h8-11,13,24H,2-7,12,14H2,1H3. The van der Waals surface area contributed by atoms with Gasteiger partial charge in [0.25, 0.3) is 5.56 Å². The van der Waals surface area contributed by atoms with E-state index in [4.69, 9.17) is 16.7 Å². The fraction of sp³-hybridized carbons (Fsp3) is 0.450. The molecule has 0 saturated heterocycles. The minimum atomic E-state index is -0.228. The molecule has 0 spiro atoms. The lowest BCUT2D eigenvalue weighted by atomic mass is 10.1.